The van der Waals surface area contributed by atoms with Gasteiger partial charge in [0.2, 0.25) is 0 Å². The van der Waals surface area contributed by atoms with Crippen molar-refractivity contribution in [1.29, 1.82) is 0 Å². The van der Waals surface area contributed by atoms with Crippen LogP contribution in [0, 0.1) is 5.92 Å². The molecule has 2 heteroatoms. The van der Waals surface area contributed by atoms with Crippen LogP contribution in [0.3, 0.4) is 0 Å². The summed E-state index contributed by atoms with van der Waals surface area (Å²) in [5, 5.41) is 3.48. The van der Waals surface area contributed by atoms with Crippen molar-refractivity contribution in [2.45, 2.75) is 33.1 Å². The van der Waals surface area contributed by atoms with E-state index in [4.69, 9.17) is 4.74 Å². The Morgan fingerprint density at radius 2 is 2.00 bits per heavy atom. The number of rotatable bonds is 9. The summed E-state index contributed by atoms with van der Waals surface area (Å²) >= 11 is 0. The van der Waals surface area contributed by atoms with Crippen LogP contribution in [0.5, 0.6) is 5.75 Å². The van der Waals surface area contributed by atoms with Crippen molar-refractivity contribution in [3.05, 3.63) is 30.3 Å². The third kappa shape index (κ3) is 7.01. The van der Waals surface area contributed by atoms with E-state index in [-0.39, 0.29) is 0 Å². The zero-order valence-electron chi connectivity index (χ0n) is 11.1. The van der Waals surface area contributed by atoms with Gasteiger partial charge in [0.1, 0.15) is 5.75 Å². The predicted molar refractivity (Wildman–Crippen MR) is 73.5 cm³/mol. The molecule has 0 aliphatic carbocycles. The number of ether oxygens (including phenoxy) is 1. The molecule has 0 amide bonds. The summed E-state index contributed by atoms with van der Waals surface area (Å²) in [4.78, 5) is 0. The minimum absolute atomic E-state index is 0.787. The third-order valence-electron chi connectivity index (χ3n) is 2.78. The highest BCUT2D eigenvalue weighted by Gasteiger charge is 1.99. The number of hydrogen-bond acceptors (Lipinski definition) is 2. The maximum atomic E-state index is 5.62. The maximum Gasteiger partial charge on any atom is 0.119 e. The Hall–Kier alpha value is -1.02. The van der Waals surface area contributed by atoms with Crippen molar-refractivity contribution in [3.8, 4) is 5.75 Å². The Kier molecular flexibility index (Phi) is 7.48. The first-order valence-corrected chi connectivity index (χ1v) is 6.71. The first kappa shape index (κ1) is 14.0. The topological polar surface area (TPSA) is 21.3 Å². The molecule has 0 bridgehead atoms. The highest BCUT2D eigenvalue weighted by Crippen LogP contribution is 2.08. The van der Waals surface area contributed by atoms with Gasteiger partial charge in [-0.3, -0.25) is 0 Å². The average molecular weight is 235 g/mol. The molecule has 1 N–H and O–H groups in total. The molecular weight excluding hydrogens is 210 g/mol. The monoisotopic (exact) mass is 235 g/mol. The minimum atomic E-state index is 0.787. The lowest BCUT2D eigenvalue weighted by molar-refractivity contribution is 0.306. The van der Waals surface area contributed by atoms with Crippen LogP contribution in [0.25, 0.3) is 0 Å². The molecule has 2 nitrogen and oxygen atoms in total. The summed E-state index contributed by atoms with van der Waals surface area (Å²) < 4.78 is 5.62. The Morgan fingerprint density at radius 3 is 2.71 bits per heavy atom. The van der Waals surface area contributed by atoms with Gasteiger partial charge in [-0.25, -0.2) is 0 Å². The first-order chi connectivity index (χ1) is 8.33. The summed E-state index contributed by atoms with van der Waals surface area (Å²) in [6, 6.07) is 10.00. The lowest BCUT2D eigenvalue weighted by atomic mass is 10.1. The molecular formula is C15H25NO. The number of benzene rings is 1. The van der Waals surface area contributed by atoms with Crippen LogP contribution in [0.1, 0.15) is 33.1 Å². The number of nitrogens with one attached hydrogen (secondary N) is 1. The maximum absolute atomic E-state index is 5.62. The van der Waals surface area contributed by atoms with Crippen molar-refractivity contribution in [2.24, 2.45) is 5.92 Å². The molecule has 1 atom stereocenters. The van der Waals surface area contributed by atoms with Gasteiger partial charge in [-0.05, 0) is 44.0 Å². The second kappa shape index (κ2) is 9.06. The summed E-state index contributed by atoms with van der Waals surface area (Å²) in [6.07, 6.45) is 3.65. The van der Waals surface area contributed by atoms with Gasteiger partial charge in [0.25, 0.3) is 0 Å². The van der Waals surface area contributed by atoms with Gasteiger partial charge in [0.05, 0.1) is 6.61 Å². The van der Waals surface area contributed by atoms with Gasteiger partial charge in [-0.2, -0.15) is 0 Å². The largest absolute Gasteiger partial charge is 0.494 e. The summed E-state index contributed by atoms with van der Waals surface area (Å²) in [6.45, 7) is 7.50. The van der Waals surface area contributed by atoms with Gasteiger partial charge in [0.15, 0.2) is 0 Å². The molecule has 0 fully saturated rings. The molecule has 17 heavy (non-hydrogen) atoms. The van der Waals surface area contributed by atoms with Crippen molar-refractivity contribution in [3.63, 3.8) is 0 Å². The van der Waals surface area contributed by atoms with E-state index in [9.17, 15) is 0 Å². The van der Waals surface area contributed by atoms with Crippen LogP contribution >= 0.6 is 0 Å². The average Bonchev–Trinajstić information content (AvgIpc) is 2.35. The van der Waals surface area contributed by atoms with E-state index in [0.29, 0.717) is 0 Å². The van der Waals surface area contributed by atoms with Crippen molar-refractivity contribution >= 4 is 0 Å². The smallest absolute Gasteiger partial charge is 0.119 e. The Morgan fingerprint density at radius 1 is 1.24 bits per heavy atom. The van der Waals surface area contributed by atoms with Crippen molar-refractivity contribution < 1.29 is 4.74 Å². The molecule has 0 aliphatic rings. The van der Waals surface area contributed by atoms with Crippen LogP contribution in [0.15, 0.2) is 30.3 Å². The van der Waals surface area contributed by atoms with Gasteiger partial charge in [-0.15, -0.1) is 0 Å². The standard InChI is InChI=1S/C15H25NO/c1-3-8-14(2)13-16-11-7-12-17-15-9-5-4-6-10-15/h4-6,9-10,14,16H,3,7-8,11-13H2,1-2H3. The number of para-hydroxylation sites is 1. The van der Waals surface area contributed by atoms with Crippen molar-refractivity contribution in [2.75, 3.05) is 19.7 Å². The summed E-state index contributed by atoms with van der Waals surface area (Å²) in [5.41, 5.74) is 0. The van der Waals surface area contributed by atoms with Gasteiger partial charge >= 0.3 is 0 Å². The highest BCUT2D eigenvalue weighted by molar-refractivity contribution is 5.20. The van der Waals surface area contributed by atoms with Crippen LogP contribution in [0.2, 0.25) is 0 Å². The van der Waals surface area contributed by atoms with Gasteiger partial charge in [0, 0.05) is 0 Å². The third-order valence-corrected chi connectivity index (χ3v) is 2.78. The van der Waals surface area contributed by atoms with Crippen molar-refractivity contribution in [1.82, 2.24) is 5.32 Å². The molecule has 1 unspecified atom stereocenters. The molecule has 0 radical (unpaired) electrons. The fraction of sp³-hybridized carbons (Fsp3) is 0.600. The lowest BCUT2D eigenvalue weighted by Crippen LogP contribution is -2.23. The van der Waals surface area contributed by atoms with Crippen LogP contribution in [-0.4, -0.2) is 19.7 Å². The quantitative estimate of drug-likeness (QED) is 0.662. The molecule has 0 spiro atoms. The molecule has 0 saturated heterocycles. The second-order valence-electron chi connectivity index (χ2n) is 4.61. The minimum Gasteiger partial charge on any atom is -0.494 e. The molecule has 0 aromatic heterocycles. The van der Waals surface area contributed by atoms with Crippen LogP contribution in [0.4, 0.5) is 0 Å². The first-order valence-electron chi connectivity index (χ1n) is 6.71. The normalized spacial score (nSPS) is 12.4. The second-order valence-corrected chi connectivity index (χ2v) is 4.61. The zero-order valence-corrected chi connectivity index (χ0v) is 11.1. The fourth-order valence-electron chi connectivity index (χ4n) is 1.85. The van der Waals surface area contributed by atoms with E-state index in [2.05, 4.69) is 19.2 Å². The molecule has 1 aromatic carbocycles. The molecule has 0 saturated carbocycles. The van der Waals surface area contributed by atoms with E-state index in [1.807, 2.05) is 30.3 Å². The number of hydrogen-bond donors (Lipinski definition) is 1. The summed E-state index contributed by atoms with van der Waals surface area (Å²) in [7, 11) is 0. The zero-order chi connectivity index (χ0) is 12.3. The molecule has 0 aliphatic heterocycles. The van der Waals surface area contributed by atoms with E-state index >= 15 is 0 Å². The van der Waals surface area contributed by atoms with E-state index in [1.54, 1.807) is 0 Å². The Balaban J connectivity index is 1.95. The van der Waals surface area contributed by atoms with E-state index in [0.717, 1.165) is 37.8 Å². The molecule has 1 aromatic rings. The lowest BCUT2D eigenvalue weighted by Gasteiger charge is -2.11. The SMILES string of the molecule is CCCC(C)CNCCCOc1ccccc1. The molecule has 1 rings (SSSR count). The predicted octanol–water partition coefficient (Wildman–Crippen LogP) is 3.48. The highest BCUT2D eigenvalue weighted by atomic mass is 16.5. The fourth-order valence-corrected chi connectivity index (χ4v) is 1.85. The Bertz CT molecular complexity index is 274. The van der Waals surface area contributed by atoms with E-state index in [1.165, 1.54) is 12.8 Å². The molecule has 96 valence electrons. The van der Waals surface area contributed by atoms with Gasteiger partial charge < -0.3 is 10.1 Å². The molecule has 0 heterocycles. The van der Waals surface area contributed by atoms with E-state index < -0.39 is 0 Å². The Labute approximate surface area is 105 Å². The van der Waals surface area contributed by atoms with Crippen LogP contribution < -0.4 is 10.1 Å². The van der Waals surface area contributed by atoms with Crippen LogP contribution in [-0.2, 0) is 0 Å². The van der Waals surface area contributed by atoms with Gasteiger partial charge in [-0.1, -0.05) is 38.5 Å². The summed E-state index contributed by atoms with van der Waals surface area (Å²) in [5.74, 6) is 1.75.